The molecule has 4 aromatic rings. The highest BCUT2D eigenvalue weighted by atomic mass is 35.5. The Hall–Kier alpha value is -2.49. The second-order valence-electron chi connectivity index (χ2n) is 6.96. The van der Waals surface area contributed by atoms with Crippen LogP contribution in [0.25, 0.3) is 11.0 Å². The molecule has 0 atom stereocenters. The van der Waals surface area contributed by atoms with E-state index in [4.69, 9.17) is 32.9 Å². The summed E-state index contributed by atoms with van der Waals surface area (Å²) in [6, 6.07) is 23.8. The molecule has 1 aromatic heterocycles. The van der Waals surface area contributed by atoms with Crippen molar-refractivity contribution in [1.29, 1.82) is 0 Å². The maximum absolute atomic E-state index is 6.15. The van der Waals surface area contributed by atoms with Crippen LogP contribution < -0.4 is 4.74 Å². The van der Waals surface area contributed by atoms with Crippen LogP contribution >= 0.6 is 23.2 Å². The van der Waals surface area contributed by atoms with E-state index in [2.05, 4.69) is 34.9 Å². The van der Waals surface area contributed by atoms with Crippen LogP contribution in [0.2, 0.25) is 10.0 Å². The maximum Gasteiger partial charge on any atom is 0.137 e. The molecule has 148 valence electrons. The van der Waals surface area contributed by atoms with Crippen LogP contribution in [0.1, 0.15) is 24.2 Å². The van der Waals surface area contributed by atoms with Crippen LogP contribution in [0, 0.1) is 0 Å². The highest BCUT2D eigenvalue weighted by molar-refractivity contribution is 6.32. The van der Waals surface area contributed by atoms with Gasteiger partial charge in [-0.3, -0.25) is 0 Å². The topological polar surface area (TPSA) is 27.1 Å². The standard InChI is InChI=1S/C24H22Cl2N2O/c25-19-13-11-18(12-14-19)17-24-27-21-8-2-3-9-22(21)28(24)15-5-6-16-29-23-10-4-1-7-20(23)26/h1-4,7-14H,5-6,15-17H2. The normalized spacial score (nSPS) is 11.1. The average molecular weight is 425 g/mol. The zero-order chi connectivity index (χ0) is 20.1. The number of aryl methyl sites for hydroxylation is 1. The molecule has 3 aromatic carbocycles. The molecule has 0 saturated heterocycles. The van der Waals surface area contributed by atoms with E-state index in [1.807, 2.05) is 42.5 Å². The van der Waals surface area contributed by atoms with Crippen molar-refractivity contribution in [2.45, 2.75) is 25.8 Å². The second kappa shape index (κ2) is 9.34. The number of ether oxygens (including phenoxy) is 1. The fourth-order valence-electron chi connectivity index (χ4n) is 3.41. The summed E-state index contributed by atoms with van der Waals surface area (Å²) < 4.78 is 8.13. The van der Waals surface area contributed by atoms with Crippen molar-refractivity contribution in [3.8, 4) is 5.75 Å². The molecule has 3 nitrogen and oxygen atoms in total. The number of unbranched alkanes of at least 4 members (excludes halogenated alkanes) is 1. The van der Waals surface area contributed by atoms with E-state index in [9.17, 15) is 0 Å². The van der Waals surface area contributed by atoms with E-state index in [0.717, 1.165) is 47.9 Å². The SMILES string of the molecule is Clc1ccc(Cc2nc3ccccc3n2CCCCOc2ccccc2Cl)cc1. The predicted octanol–water partition coefficient (Wildman–Crippen LogP) is 6.79. The van der Waals surface area contributed by atoms with Crippen molar-refractivity contribution in [3.63, 3.8) is 0 Å². The van der Waals surface area contributed by atoms with Crippen LogP contribution in [0.15, 0.2) is 72.8 Å². The van der Waals surface area contributed by atoms with Gasteiger partial charge in [-0.2, -0.15) is 0 Å². The summed E-state index contributed by atoms with van der Waals surface area (Å²) >= 11 is 12.2. The molecule has 0 aliphatic rings. The van der Waals surface area contributed by atoms with E-state index in [-0.39, 0.29) is 0 Å². The van der Waals surface area contributed by atoms with Crippen molar-refractivity contribution in [2.24, 2.45) is 0 Å². The Bertz CT molecular complexity index is 1090. The summed E-state index contributed by atoms with van der Waals surface area (Å²) in [6.07, 6.45) is 2.72. The minimum atomic E-state index is 0.642. The first-order valence-electron chi connectivity index (χ1n) is 9.76. The Labute approximate surface area is 180 Å². The fourth-order valence-corrected chi connectivity index (χ4v) is 3.73. The number of imidazole rings is 1. The lowest BCUT2D eigenvalue weighted by Crippen LogP contribution is -2.07. The molecule has 29 heavy (non-hydrogen) atoms. The van der Waals surface area contributed by atoms with Gasteiger partial charge in [-0.05, 0) is 54.8 Å². The lowest BCUT2D eigenvalue weighted by molar-refractivity contribution is 0.303. The minimum Gasteiger partial charge on any atom is -0.492 e. The molecule has 0 unspecified atom stereocenters. The smallest absolute Gasteiger partial charge is 0.137 e. The number of benzene rings is 3. The highest BCUT2D eigenvalue weighted by Crippen LogP contribution is 2.24. The minimum absolute atomic E-state index is 0.642. The number of halogens is 2. The van der Waals surface area contributed by atoms with Gasteiger partial charge in [-0.1, -0.05) is 59.6 Å². The van der Waals surface area contributed by atoms with Gasteiger partial charge < -0.3 is 9.30 Å². The van der Waals surface area contributed by atoms with Gasteiger partial charge in [0.05, 0.1) is 22.7 Å². The Balaban J connectivity index is 1.43. The fraction of sp³-hybridized carbons (Fsp3) is 0.208. The van der Waals surface area contributed by atoms with Gasteiger partial charge in [-0.15, -0.1) is 0 Å². The molecule has 0 saturated carbocycles. The van der Waals surface area contributed by atoms with Crippen molar-refractivity contribution < 1.29 is 4.74 Å². The number of fused-ring (bicyclic) bond motifs is 1. The summed E-state index contributed by atoms with van der Waals surface area (Å²) in [7, 11) is 0. The number of aromatic nitrogens is 2. The molecule has 0 N–H and O–H groups in total. The Morgan fingerprint density at radius 3 is 2.41 bits per heavy atom. The molecule has 1 heterocycles. The monoisotopic (exact) mass is 424 g/mol. The van der Waals surface area contributed by atoms with Crippen LogP contribution in [-0.4, -0.2) is 16.2 Å². The Morgan fingerprint density at radius 1 is 0.828 bits per heavy atom. The summed E-state index contributed by atoms with van der Waals surface area (Å²) in [5.41, 5.74) is 3.40. The molecule has 0 aliphatic carbocycles. The van der Waals surface area contributed by atoms with Crippen LogP contribution in [0.3, 0.4) is 0 Å². The van der Waals surface area contributed by atoms with E-state index >= 15 is 0 Å². The van der Waals surface area contributed by atoms with Gasteiger partial charge in [0.15, 0.2) is 0 Å². The number of nitrogens with zero attached hydrogens (tertiary/aromatic N) is 2. The highest BCUT2D eigenvalue weighted by Gasteiger charge is 2.11. The Kier molecular flexibility index (Phi) is 6.38. The van der Waals surface area contributed by atoms with Crippen LogP contribution in [-0.2, 0) is 13.0 Å². The summed E-state index contributed by atoms with van der Waals surface area (Å²) in [5.74, 6) is 1.81. The first-order valence-corrected chi connectivity index (χ1v) is 10.5. The van der Waals surface area contributed by atoms with E-state index in [1.54, 1.807) is 0 Å². The van der Waals surface area contributed by atoms with E-state index in [0.29, 0.717) is 11.6 Å². The second-order valence-corrected chi connectivity index (χ2v) is 7.80. The molecule has 0 radical (unpaired) electrons. The van der Waals surface area contributed by atoms with Crippen molar-refractivity contribution in [1.82, 2.24) is 9.55 Å². The lowest BCUT2D eigenvalue weighted by atomic mass is 10.1. The van der Waals surface area contributed by atoms with Crippen LogP contribution in [0.4, 0.5) is 0 Å². The van der Waals surface area contributed by atoms with Crippen molar-refractivity contribution in [2.75, 3.05) is 6.61 Å². The molecule has 0 bridgehead atoms. The summed E-state index contributed by atoms with van der Waals surface area (Å²) in [6.45, 7) is 1.54. The summed E-state index contributed by atoms with van der Waals surface area (Å²) in [4.78, 5) is 4.87. The first-order chi connectivity index (χ1) is 14.2. The number of para-hydroxylation sites is 3. The molecule has 4 rings (SSSR count). The number of hydrogen-bond donors (Lipinski definition) is 0. The quantitative estimate of drug-likeness (QED) is 0.291. The molecular weight excluding hydrogens is 403 g/mol. The Morgan fingerprint density at radius 2 is 1.59 bits per heavy atom. The molecule has 0 fully saturated rings. The number of rotatable bonds is 8. The van der Waals surface area contributed by atoms with E-state index < -0.39 is 0 Å². The molecule has 0 spiro atoms. The molecule has 0 amide bonds. The van der Waals surface area contributed by atoms with Gasteiger partial charge in [0, 0.05) is 18.0 Å². The predicted molar refractivity (Wildman–Crippen MR) is 120 cm³/mol. The zero-order valence-electron chi connectivity index (χ0n) is 16.0. The molecular formula is C24H22Cl2N2O. The van der Waals surface area contributed by atoms with Gasteiger partial charge in [-0.25, -0.2) is 4.98 Å². The largest absolute Gasteiger partial charge is 0.492 e. The third-order valence-electron chi connectivity index (χ3n) is 4.88. The van der Waals surface area contributed by atoms with Crippen molar-refractivity contribution in [3.05, 3.63) is 94.2 Å². The van der Waals surface area contributed by atoms with Gasteiger partial charge in [0.2, 0.25) is 0 Å². The molecule has 0 aliphatic heterocycles. The van der Waals surface area contributed by atoms with Gasteiger partial charge in [0.1, 0.15) is 11.6 Å². The number of hydrogen-bond acceptors (Lipinski definition) is 2. The first kappa shape index (κ1) is 19.8. The lowest BCUT2D eigenvalue weighted by Gasteiger charge is -2.11. The summed E-state index contributed by atoms with van der Waals surface area (Å²) in [5, 5.41) is 1.40. The third-order valence-corrected chi connectivity index (χ3v) is 5.44. The van der Waals surface area contributed by atoms with Crippen molar-refractivity contribution >= 4 is 34.2 Å². The van der Waals surface area contributed by atoms with Gasteiger partial charge >= 0.3 is 0 Å². The van der Waals surface area contributed by atoms with Crippen LogP contribution in [0.5, 0.6) is 5.75 Å². The van der Waals surface area contributed by atoms with Gasteiger partial charge in [0.25, 0.3) is 0 Å². The molecule has 5 heteroatoms. The maximum atomic E-state index is 6.15. The average Bonchev–Trinajstić information content (AvgIpc) is 3.08. The van der Waals surface area contributed by atoms with E-state index in [1.165, 1.54) is 11.1 Å². The third kappa shape index (κ3) is 4.92. The zero-order valence-corrected chi connectivity index (χ0v) is 17.5.